The van der Waals surface area contributed by atoms with Crippen LogP contribution in [0.3, 0.4) is 0 Å². The van der Waals surface area contributed by atoms with E-state index in [4.69, 9.17) is 9.47 Å². The SMILES string of the molecule is COc1ccc2cc(OCC(=O)NN=Cc3ccncc3)ccc2c1. The number of ether oxygens (including phenoxy) is 2. The molecule has 0 aliphatic rings. The van der Waals surface area contributed by atoms with Crippen molar-refractivity contribution in [3.05, 3.63) is 66.5 Å². The fourth-order valence-corrected chi connectivity index (χ4v) is 2.23. The molecule has 1 N–H and O–H groups in total. The molecule has 6 heteroatoms. The van der Waals surface area contributed by atoms with Crippen molar-refractivity contribution in [2.75, 3.05) is 13.7 Å². The van der Waals surface area contributed by atoms with Crippen molar-refractivity contribution in [2.24, 2.45) is 5.10 Å². The number of benzene rings is 2. The zero-order chi connectivity index (χ0) is 17.5. The summed E-state index contributed by atoms with van der Waals surface area (Å²) in [6, 6.07) is 15.0. The van der Waals surface area contributed by atoms with E-state index in [-0.39, 0.29) is 12.5 Å². The molecule has 1 heterocycles. The number of carbonyl (C=O) groups excluding carboxylic acids is 1. The van der Waals surface area contributed by atoms with E-state index in [1.54, 1.807) is 37.9 Å². The highest BCUT2D eigenvalue weighted by atomic mass is 16.5. The summed E-state index contributed by atoms with van der Waals surface area (Å²) >= 11 is 0. The predicted molar refractivity (Wildman–Crippen MR) is 96.0 cm³/mol. The first-order valence-corrected chi connectivity index (χ1v) is 7.67. The van der Waals surface area contributed by atoms with Crippen molar-refractivity contribution < 1.29 is 14.3 Å². The Kier molecular flexibility index (Phi) is 5.21. The van der Waals surface area contributed by atoms with Crippen LogP contribution in [0.2, 0.25) is 0 Å². The van der Waals surface area contributed by atoms with E-state index in [0.29, 0.717) is 5.75 Å². The summed E-state index contributed by atoms with van der Waals surface area (Å²) in [5, 5.41) is 5.93. The third kappa shape index (κ3) is 4.54. The number of hydrogen-bond acceptors (Lipinski definition) is 5. The first-order chi connectivity index (χ1) is 12.2. The van der Waals surface area contributed by atoms with Gasteiger partial charge in [0, 0.05) is 12.4 Å². The zero-order valence-corrected chi connectivity index (χ0v) is 13.7. The largest absolute Gasteiger partial charge is 0.497 e. The molecule has 0 bridgehead atoms. The Labute approximate surface area is 145 Å². The molecule has 3 rings (SSSR count). The molecule has 25 heavy (non-hydrogen) atoms. The van der Waals surface area contributed by atoms with E-state index < -0.39 is 0 Å². The number of pyridine rings is 1. The number of rotatable bonds is 6. The molecule has 0 fully saturated rings. The van der Waals surface area contributed by atoms with Crippen LogP contribution < -0.4 is 14.9 Å². The van der Waals surface area contributed by atoms with Crippen molar-refractivity contribution in [3.8, 4) is 11.5 Å². The number of nitrogens with one attached hydrogen (secondary N) is 1. The molecular formula is C19H17N3O3. The molecule has 0 radical (unpaired) electrons. The van der Waals surface area contributed by atoms with E-state index in [1.807, 2.05) is 36.4 Å². The molecule has 0 saturated carbocycles. The normalized spacial score (nSPS) is 10.8. The Hall–Kier alpha value is -3.41. The molecule has 2 aromatic carbocycles. The summed E-state index contributed by atoms with van der Waals surface area (Å²) in [7, 11) is 1.63. The van der Waals surface area contributed by atoms with Gasteiger partial charge in [-0.15, -0.1) is 0 Å². The fraction of sp³-hybridized carbons (Fsp3) is 0.105. The smallest absolute Gasteiger partial charge is 0.277 e. The van der Waals surface area contributed by atoms with Gasteiger partial charge in [0.25, 0.3) is 5.91 Å². The van der Waals surface area contributed by atoms with E-state index in [2.05, 4.69) is 15.5 Å². The molecule has 1 amide bonds. The van der Waals surface area contributed by atoms with Crippen LogP contribution in [0, 0.1) is 0 Å². The van der Waals surface area contributed by atoms with Gasteiger partial charge in [-0.2, -0.15) is 5.10 Å². The number of methoxy groups -OCH3 is 1. The van der Waals surface area contributed by atoms with Gasteiger partial charge in [-0.3, -0.25) is 9.78 Å². The highest BCUT2D eigenvalue weighted by Gasteiger charge is 2.03. The van der Waals surface area contributed by atoms with Crippen LogP contribution in [-0.2, 0) is 4.79 Å². The lowest BCUT2D eigenvalue weighted by molar-refractivity contribution is -0.123. The highest BCUT2D eigenvalue weighted by molar-refractivity contribution is 5.85. The van der Waals surface area contributed by atoms with Gasteiger partial charge < -0.3 is 9.47 Å². The number of nitrogens with zero attached hydrogens (tertiary/aromatic N) is 2. The van der Waals surface area contributed by atoms with Crippen molar-refractivity contribution in [2.45, 2.75) is 0 Å². The van der Waals surface area contributed by atoms with Crippen molar-refractivity contribution in [1.82, 2.24) is 10.4 Å². The van der Waals surface area contributed by atoms with Crippen molar-refractivity contribution in [1.29, 1.82) is 0 Å². The zero-order valence-electron chi connectivity index (χ0n) is 13.7. The number of fused-ring (bicyclic) bond motifs is 1. The Morgan fingerprint density at radius 1 is 1.08 bits per heavy atom. The van der Waals surface area contributed by atoms with Crippen LogP contribution in [0.4, 0.5) is 0 Å². The van der Waals surface area contributed by atoms with E-state index >= 15 is 0 Å². The second-order valence-electron chi connectivity index (χ2n) is 5.24. The highest BCUT2D eigenvalue weighted by Crippen LogP contribution is 2.24. The van der Waals surface area contributed by atoms with E-state index in [9.17, 15) is 4.79 Å². The average Bonchev–Trinajstić information content (AvgIpc) is 2.66. The second-order valence-corrected chi connectivity index (χ2v) is 5.24. The maximum Gasteiger partial charge on any atom is 0.277 e. The molecule has 0 aliphatic heterocycles. The molecule has 0 atom stereocenters. The summed E-state index contributed by atoms with van der Waals surface area (Å²) in [6.07, 6.45) is 4.85. The first kappa shape index (κ1) is 16.4. The van der Waals surface area contributed by atoms with Crippen LogP contribution in [0.15, 0.2) is 66.0 Å². The Morgan fingerprint density at radius 2 is 1.76 bits per heavy atom. The Morgan fingerprint density at radius 3 is 2.48 bits per heavy atom. The lowest BCUT2D eigenvalue weighted by Crippen LogP contribution is -2.24. The van der Waals surface area contributed by atoms with Crippen LogP contribution in [0.25, 0.3) is 10.8 Å². The predicted octanol–water partition coefficient (Wildman–Crippen LogP) is 2.77. The van der Waals surface area contributed by atoms with Gasteiger partial charge in [-0.1, -0.05) is 12.1 Å². The minimum Gasteiger partial charge on any atom is -0.497 e. The minimum atomic E-state index is -0.333. The van der Waals surface area contributed by atoms with Gasteiger partial charge in [0.05, 0.1) is 13.3 Å². The lowest BCUT2D eigenvalue weighted by atomic mass is 10.1. The maximum absolute atomic E-state index is 11.8. The van der Waals surface area contributed by atoms with Crippen LogP contribution in [0.1, 0.15) is 5.56 Å². The Bertz CT molecular complexity index is 895. The van der Waals surface area contributed by atoms with Crippen LogP contribution in [-0.4, -0.2) is 30.8 Å². The average molecular weight is 335 g/mol. The van der Waals surface area contributed by atoms with Crippen LogP contribution >= 0.6 is 0 Å². The summed E-state index contributed by atoms with van der Waals surface area (Å²) in [4.78, 5) is 15.7. The molecule has 0 saturated heterocycles. The van der Waals surface area contributed by atoms with E-state index in [0.717, 1.165) is 22.1 Å². The third-order valence-electron chi connectivity index (χ3n) is 3.50. The number of amides is 1. The van der Waals surface area contributed by atoms with Gasteiger partial charge >= 0.3 is 0 Å². The summed E-state index contributed by atoms with van der Waals surface area (Å²) in [5.74, 6) is 1.08. The van der Waals surface area contributed by atoms with Gasteiger partial charge in [0.2, 0.25) is 0 Å². The quantitative estimate of drug-likeness (QED) is 0.555. The topological polar surface area (TPSA) is 72.8 Å². The fourth-order valence-electron chi connectivity index (χ4n) is 2.23. The molecular weight excluding hydrogens is 318 g/mol. The number of carbonyl (C=O) groups is 1. The number of hydrazone groups is 1. The summed E-state index contributed by atoms with van der Waals surface area (Å²) < 4.78 is 10.7. The first-order valence-electron chi connectivity index (χ1n) is 7.67. The van der Waals surface area contributed by atoms with Gasteiger partial charge in [0.15, 0.2) is 6.61 Å². The van der Waals surface area contributed by atoms with Crippen molar-refractivity contribution in [3.63, 3.8) is 0 Å². The standard InChI is InChI=1S/C19H17N3O3/c1-24-17-4-2-16-11-18(5-3-15(16)10-17)25-13-19(23)22-21-12-14-6-8-20-9-7-14/h2-12H,13H2,1H3,(H,22,23). The summed E-state index contributed by atoms with van der Waals surface area (Å²) in [5.41, 5.74) is 3.27. The van der Waals surface area contributed by atoms with Gasteiger partial charge in [-0.25, -0.2) is 5.43 Å². The molecule has 0 spiro atoms. The Balaban J connectivity index is 1.55. The van der Waals surface area contributed by atoms with E-state index in [1.165, 1.54) is 0 Å². The van der Waals surface area contributed by atoms with Gasteiger partial charge in [0.1, 0.15) is 11.5 Å². The van der Waals surface area contributed by atoms with Gasteiger partial charge in [-0.05, 0) is 52.7 Å². The molecule has 126 valence electrons. The maximum atomic E-state index is 11.8. The monoisotopic (exact) mass is 335 g/mol. The van der Waals surface area contributed by atoms with Crippen LogP contribution in [0.5, 0.6) is 11.5 Å². The molecule has 0 aliphatic carbocycles. The third-order valence-corrected chi connectivity index (χ3v) is 3.50. The minimum absolute atomic E-state index is 0.116. The molecule has 1 aromatic heterocycles. The molecule has 3 aromatic rings. The summed E-state index contributed by atoms with van der Waals surface area (Å²) in [6.45, 7) is -0.116. The number of hydrogen-bond donors (Lipinski definition) is 1. The second kappa shape index (κ2) is 7.92. The number of aromatic nitrogens is 1. The molecule has 6 nitrogen and oxygen atoms in total. The van der Waals surface area contributed by atoms with Crippen molar-refractivity contribution >= 4 is 22.9 Å². The lowest BCUT2D eigenvalue weighted by Gasteiger charge is -2.07. The molecule has 0 unspecified atom stereocenters.